The zero-order valence-corrected chi connectivity index (χ0v) is 11.5. The van der Waals surface area contributed by atoms with Crippen LogP contribution in [-0.4, -0.2) is 12.6 Å². The number of hydrogen-bond donors (Lipinski definition) is 1. The van der Waals surface area contributed by atoms with Gasteiger partial charge in [-0.3, -0.25) is 0 Å². The Labute approximate surface area is 108 Å². The van der Waals surface area contributed by atoms with Gasteiger partial charge in [-0.1, -0.05) is 38.4 Å². The molecule has 96 valence electrons. The highest BCUT2D eigenvalue weighted by molar-refractivity contribution is 6.31. The maximum atomic E-state index is 13.6. The molecule has 0 aliphatic carbocycles. The minimum absolute atomic E-state index is 0.198. The zero-order valence-electron chi connectivity index (χ0n) is 10.8. The van der Waals surface area contributed by atoms with E-state index in [1.54, 1.807) is 12.1 Å². The summed E-state index contributed by atoms with van der Waals surface area (Å²) in [6, 6.07) is 5.28. The molecular weight excluding hydrogens is 237 g/mol. The first-order chi connectivity index (χ1) is 8.06. The summed E-state index contributed by atoms with van der Waals surface area (Å²) in [5.74, 6) is 0.344. The van der Waals surface area contributed by atoms with E-state index in [9.17, 15) is 4.39 Å². The van der Waals surface area contributed by atoms with Gasteiger partial charge in [-0.15, -0.1) is 0 Å². The van der Waals surface area contributed by atoms with Crippen molar-refractivity contribution in [2.75, 3.05) is 6.54 Å². The standard InChI is InChI=1S/C14H21ClFN/c1-4-17-14(10(2)3)9-8-11-12(15)6-5-7-13(11)16/h5-7,10,14,17H,4,8-9H2,1-3H3. The summed E-state index contributed by atoms with van der Waals surface area (Å²) in [7, 11) is 0. The van der Waals surface area contributed by atoms with Crippen molar-refractivity contribution in [3.8, 4) is 0 Å². The molecule has 0 aromatic heterocycles. The first-order valence-electron chi connectivity index (χ1n) is 6.22. The van der Waals surface area contributed by atoms with Crippen molar-refractivity contribution in [1.29, 1.82) is 0 Å². The molecule has 0 heterocycles. The van der Waals surface area contributed by atoms with Gasteiger partial charge in [-0.25, -0.2) is 4.39 Å². The Hall–Kier alpha value is -0.600. The second-order valence-corrected chi connectivity index (χ2v) is 5.05. The topological polar surface area (TPSA) is 12.0 Å². The monoisotopic (exact) mass is 257 g/mol. The molecule has 1 N–H and O–H groups in total. The molecule has 0 spiro atoms. The summed E-state index contributed by atoms with van der Waals surface area (Å²) in [5, 5.41) is 3.96. The van der Waals surface area contributed by atoms with Crippen molar-refractivity contribution < 1.29 is 4.39 Å². The van der Waals surface area contributed by atoms with Gasteiger partial charge in [0, 0.05) is 16.6 Å². The third kappa shape index (κ3) is 4.29. The Morgan fingerprint density at radius 3 is 2.59 bits per heavy atom. The maximum Gasteiger partial charge on any atom is 0.127 e. The molecule has 1 rings (SSSR count). The van der Waals surface area contributed by atoms with Gasteiger partial charge in [0.25, 0.3) is 0 Å². The van der Waals surface area contributed by atoms with Gasteiger partial charge in [0.1, 0.15) is 5.82 Å². The normalized spacial score (nSPS) is 13.1. The molecule has 0 amide bonds. The van der Waals surface area contributed by atoms with E-state index in [2.05, 4.69) is 26.1 Å². The lowest BCUT2D eigenvalue weighted by atomic mass is 9.96. The van der Waals surface area contributed by atoms with Gasteiger partial charge in [0.2, 0.25) is 0 Å². The Balaban J connectivity index is 2.65. The van der Waals surface area contributed by atoms with Crippen molar-refractivity contribution >= 4 is 11.6 Å². The molecule has 3 heteroatoms. The van der Waals surface area contributed by atoms with E-state index in [0.29, 0.717) is 29.0 Å². The fourth-order valence-electron chi connectivity index (χ4n) is 2.00. The van der Waals surface area contributed by atoms with Crippen molar-refractivity contribution in [2.24, 2.45) is 5.92 Å². The summed E-state index contributed by atoms with van der Waals surface area (Å²) in [5.41, 5.74) is 0.637. The largest absolute Gasteiger partial charge is 0.314 e. The van der Waals surface area contributed by atoms with E-state index in [0.717, 1.165) is 13.0 Å². The lowest BCUT2D eigenvalue weighted by molar-refractivity contribution is 0.383. The molecular formula is C14H21ClFN. The van der Waals surface area contributed by atoms with Gasteiger partial charge in [0.15, 0.2) is 0 Å². The molecule has 0 fully saturated rings. The molecule has 0 aliphatic heterocycles. The third-order valence-electron chi connectivity index (χ3n) is 3.04. The highest BCUT2D eigenvalue weighted by Crippen LogP contribution is 2.22. The summed E-state index contributed by atoms with van der Waals surface area (Å²) in [4.78, 5) is 0. The molecule has 0 saturated carbocycles. The first-order valence-corrected chi connectivity index (χ1v) is 6.60. The smallest absolute Gasteiger partial charge is 0.127 e. The molecule has 1 aromatic rings. The van der Waals surface area contributed by atoms with E-state index in [1.165, 1.54) is 6.07 Å². The van der Waals surface area contributed by atoms with Crippen LogP contribution in [0, 0.1) is 11.7 Å². The minimum atomic E-state index is -0.198. The fraction of sp³-hybridized carbons (Fsp3) is 0.571. The van der Waals surface area contributed by atoms with Gasteiger partial charge >= 0.3 is 0 Å². The van der Waals surface area contributed by atoms with Crippen LogP contribution in [0.4, 0.5) is 4.39 Å². The highest BCUT2D eigenvalue weighted by atomic mass is 35.5. The van der Waals surface area contributed by atoms with E-state index >= 15 is 0 Å². The third-order valence-corrected chi connectivity index (χ3v) is 3.39. The van der Waals surface area contributed by atoms with Crippen molar-refractivity contribution in [3.05, 3.63) is 34.6 Å². The van der Waals surface area contributed by atoms with Crippen LogP contribution in [0.5, 0.6) is 0 Å². The fourth-order valence-corrected chi connectivity index (χ4v) is 2.26. The molecule has 0 aliphatic rings. The molecule has 1 atom stereocenters. The zero-order chi connectivity index (χ0) is 12.8. The second kappa shape index (κ2) is 6.97. The molecule has 1 nitrogen and oxygen atoms in total. The van der Waals surface area contributed by atoms with Crippen LogP contribution in [0.2, 0.25) is 5.02 Å². The highest BCUT2D eigenvalue weighted by Gasteiger charge is 2.14. The van der Waals surface area contributed by atoms with Crippen LogP contribution in [0.1, 0.15) is 32.8 Å². The Morgan fingerprint density at radius 1 is 1.35 bits per heavy atom. The average Bonchev–Trinajstić information content (AvgIpc) is 2.26. The predicted molar refractivity (Wildman–Crippen MR) is 72.0 cm³/mol. The predicted octanol–water partition coefficient (Wildman–Crippen LogP) is 4.05. The average molecular weight is 258 g/mol. The van der Waals surface area contributed by atoms with E-state index in [1.807, 2.05) is 0 Å². The SMILES string of the molecule is CCNC(CCc1c(F)cccc1Cl)C(C)C. The lowest BCUT2D eigenvalue weighted by Gasteiger charge is -2.22. The van der Waals surface area contributed by atoms with Crippen LogP contribution in [-0.2, 0) is 6.42 Å². The Morgan fingerprint density at radius 2 is 2.06 bits per heavy atom. The van der Waals surface area contributed by atoms with Crippen LogP contribution >= 0.6 is 11.6 Å². The van der Waals surface area contributed by atoms with Gasteiger partial charge in [-0.05, 0) is 37.4 Å². The van der Waals surface area contributed by atoms with E-state index in [-0.39, 0.29) is 5.82 Å². The minimum Gasteiger partial charge on any atom is -0.314 e. The van der Waals surface area contributed by atoms with Crippen LogP contribution in [0.25, 0.3) is 0 Å². The number of halogens is 2. The maximum absolute atomic E-state index is 13.6. The number of benzene rings is 1. The van der Waals surface area contributed by atoms with Crippen LogP contribution in [0.3, 0.4) is 0 Å². The lowest BCUT2D eigenvalue weighted by Crippen LogP contribution is -2.34. The summed E-state index contributed by atoms with van der Waals surface area (Å²) in [6.45, 7) is 7.38. The summed E-state index contributed by atoms with van der Waals surface area (Å²) < 4.78 is 13.6. The molecule has 0 bridgehead atoms. The van der Waals surface area contributed by atoms with Crippen LogP contribution in [0.15, 0.2) is 18.2 Å². The molecule has 17 heavy (non-hydrogen) atoms. The molecule has 0 radical (unpaired) electrons. The van der Waals surface area contributed by atoms with Crippen molar-refractivity contribution in [3.63, 3.8) is 0 Å². The van der Waals surface area contributed by atoms with Gasteiger partial charge in [-0.2, -0.15) is 0 Å². The van der Waals surface area contributed by atoms with Crippen molar-refractivity contribution in [2.45, 2.75) is 39.7 Å². The quantitative estimate of drug-likeness (QED) is 0.811. The number of rotatable bonds is 6. The van der Waals surface area contributed by atoms with Gasteiger partial charge in [0.05, 0.1) is 0 Å². The van der Waals surface area contributed by atoms with Crippen molar-refractivity contribution in [1.82, 2.24) is 5.32 Å². The number of nitrogens with one attached hydrogen (secondary N) is 1. The Kier molecular flexibility index (Phi) is 5.93. The van der Waals surface area contributed by atoms with Crippen LogP contribution < -0.4 is 5.32 Å². The van der Waals surface area contributed by atoms with Gasteiger partial charge < -0.3 is 5.32 Å². The molecule has 0 saturated heterocycles. The molecule has 1 aromatic carbocycles. The van der Waals surface area contributed by atoms with E-state index < -0.39 is 0 Å². The Bertz CT molecular complexity index is 332. The molecule has 1 unspecified atom stereocenters. The van der Waals surface area contributed by atoms with E-state index in [4.69, 9.17) is 11.6 Å². The second-order valence-electron chi connectivity index (χ2n) is 4.65. The number of hydrogen-bond acceptors (Lipinski definition) is 1. The summed E-state index contributed by atoms with van der Waals surface area (Å²) >= 11 is 6.01. The first kappa shape index (κ1) is 14.5. The summed E-state index contributed by atoms with van der Waals surface area (Å²) in [6.07, 6.45) is 1.59.